The molecule has 0 unspecified atom stereocenters. The molecule has 0 saturated carbocycles. The highest BCUT2D eigenvalue weighted by Crippen LogP contribution is 2.15. The number of ether oxygens (including phenoxy) is 1. The van der Waals surface area contributed by atoms with Crippen molar-refractivity contribution in [2.24, 2.45) is 0 Å². The third kappa shape index (κ3) is 4.53. The Morgan fingerprint density at radius 2 is 1.81 bits per heavy atom. The van der Waals surface area contributed by atoms with E-state index >= 15 is 0 Å². The van der Waals surface area contributed by atoms with Gasteiger partial charge in [0.15, 0.2) is 0 Å². The summed E-state index contributed by atoms with van der Waals surface area (Å²) >= 11 is 0. The quantitative estimate of drug-likeness (QED) is 0.801. The number of rotatable bonds is 6. The van der Waals surface area contributed by atoms with Crippen molar-refractivity contribution in [3.05, 3.63) is 60.2 Å². The fourth-order valence-corrected chi connectivity index (χ4v) is 2.04. The molecule has 4 nitrogen and oxygen atoms in total. The van der Waals surface area contributed by atoms with E-state index in [9.17, 15) is 9.90 Å². The van der Waals surface area contributed by atoms with Gasteiger partial charge in [0.2, 0.25) is 0 Å². The van der Waals surface area contributed by atoms with Gasteiger partial charge in [-0.25, -0.2) is 4.79 Å². The molecule has 21 heavy (non-hydrogen) atoms. The number of phenols is 1. The number of esters is 1. The van der Waals surface area contributed by atoms with Crippen molar-refractivity contribution in [3.63, 3.8) is 0 Å². The third-order valence-corrected chi connectivity index (χ3v) is 3.06. The van der Waals surface area contributed by atoms with Crippen LogP contribution in [-0.4, -0.2) is 23.7 Å². The Morgan fingerprint density at radius 3 is 2.43 bits per heavy atom. The number of phenolic OH excluding ortho intramolecular Hbond substituents is 1. The van der Waals surface area contributed by atoms with E-state index in [1.165, 1.54) is 0 Å². The Labute approximate surface area is 124 Å². The fraction of sp³-hybridized carbons (Fsp3) is 0.235. The van der Waals surface area contributed by atoms with Crippen molar-refractivity contribution in [2.75, 3.05) is 11.9 Å². The molecule has 2 aromatic rings. The summed E-state index contributed by atoms with van der Waals surface area (Å²) in [5.41, 5.74) is 1.82. The Kier molecular flexibility index (Phi) is 5.21. The lowest BCUT2D eigenvalue weighted by molar-refractivity contribution is -0.144. The van der Waals surface area contributed by atoms with Crippen molar-refractivity contribution in [1.82, 2.24) is 0 Å². The van der Waals surface area contributed by atoms with Crippen LogP contribution in [0, 0.1) is 0 Å². The lowest BCUT2D eigenvalue weighted by atomic mass is 10.1. The summed E-state index contributed by atoms with van der Waals surface area (Å²) < 4.78 is 5.12. The maximum absolute atomic E-state index is 12.1. The molecule has 0 bridgehead atoms. The predicted octanol–water partition coefficient (Wildman–Crippen LogP) is 2.98. The number of para-hydroxylation sites is 1. The Morgan fingerprint density at radius 1 is 1.14 bits per heavy atom. The van der Waals surface area contributed by atoms with Crippen molar-refractivity contribution in [1.29, 1.82) is 0 Å². The molecule has 0 radical (unpaired) electrons. The summed E-state index contributed by atoms with van der Waals surface area (Å²) in [4.78, 5) is 12.1. The van der Waals surface area contributed by atoms with Gasteiger partial charge in [-0.15, -0.1) is 0 Å². The molecular weight excluding hydrogens is 266 g/mol. The summed E-state index contributed by atoms with van der Waals surface area (Å²) in [5.74, 6) is -0.0723. The molecule has 0 aliphatic rings. The average molecular weight is 285 g/mol. The van der Waals surface area contributed by atoms with E-state index in [1.807, 2.05) is 30.3 Å². The molecule has 0 fully saturated rings. The SMILES string of the molecule is CCOC(=O)[C@H](Cc1ccc(O)cc1)Nc1ccccc1. The first-order valence-electron chi connectivity index (χ1n) is 6.95. The van der Waals surface area contributed by atoms with Gasteiger partial charge in [0.25, 0.3) is 0 Å². The van der Waals surface area contributed by atoms with E-state index in [4.69, 9.17) is 4.74 Å². The fourth-order valence-electron chi connectivity index (χ4n) is 2.04. The number of nitrogens with one attached hydrogen (secondary N) is 1. The maximum atomic E-state index is 12.1. The summed E-state index contributed by atoms with van der Waals surface area (Å²) in [6, 6.07) is 15.9. The molecule has 4 heteroatoms. The largest absolute Gasteiger partial charge is 0.508 e. The monoisotopic (exact) mass is 285 g/mol. The topological polar surface area (TPSA) is 58.6 Å². The average Bonchev–Trinajstić information content (AvgIpc) is 2.50. The molecule has 0 aliphatic heterocycles. The molecule has 0 amide bonds. The maximum Gasteiger partial charge on any atom is 0.328 e. The van der Waals surface area contributed by atoms with Crippen LogP contribution in [0.1, 0.15) is 12.5 Å². The molecule has 0 saturated heterocycles. The van der Waals surface area contributed by atoms with E-state index in [0.717, 1.165) is 11.3 Å². The zero-order valence-corrected chi connectivity index (χ0v) is 12.0. The minimum absolute atomic E-state index is 0.211. The van der Waals surface area contributed by atoms with Gasteiger partial charge in [-0.2, -0.15) is 0 Å². The van der Waals surface area contributed by atoms with Gasteiger partial charge < -0.3 is 15.2 Å². The van der Waals surface area contributed by atoms with Gasteiger partial charge in [-0.3, -0.25) is 0 Å². The molecule has 110 valence electrons. The van der Waals surface area contributed by atoms with Gasteiger partial charge in [-0.1, -0.05) is 30.3 Å². The number of anilines is 1. The highest BCUT2D eigenvalue weighted by molar-refractivity contribution is 5.79. The molecule has 0 aromatic heterocycles. The van der Waals surface area contributed by atoms with Crippen LogP contribution in [0.25, 0.3) is 0 Å². The number of aromatic hydroxyl groups is 1. The van der Waals surface area contributed by atoms with Crippen LogP contribution < -0.4 is 5.32 Å². The first-order valence-corrected chi connectivity index (χ1v) is 6.95. The molecule has 1 atom stereocenters. The van der Waals surface area contributed by atoms with Crippen LogP contribution in [0.2, 0.25) is 0 Å². The van der Waals surface area contributed by atoms with E-state index in [0.29, 0.717) is 13.0 Å². The smallest absolute Gasteiger partial charge is 0.328 e. The van der Waals surface area contributed by atoms with Crippen LogP contribution in [0.3, 0.4) is 0 Å². The second-order valence-electron chi connectivity index (χ2n) is 4.69. The second-order valence-corrected chi connectivity index (χ2v) is 4.69. The van der Waals surface area contributed by atoms with E-state index in [1.54, 1.807) is 31.2 Å². The van der Waals surface area contributed by atoms with Gasteiger partial charge in [0, 0.05) is 12.1 Å². The molecule has 2 aromatic carbocycles. The second kappa shape index (κ2) is 7.33. The predicted molar refractivity (Wildman–Crippen MR) is 82.3 cm³/mol. The Balaban J connectivity index is 2.11. The van der Waals surface area contributed by atoms with Crippen molar-refractivity contribution < 1.29 is 14.6 Å². The van der Waals surface area contributed by atoms with Crippen LogP contribution in [0.4, 0.5) is 5.69 Å². The van der Waals surface area contributed by atoms with E-state index < -0.39 is 6.04 Å². The van der Waals surface area contributed by atoms with Gasteiger partial charge in [0.05, 0.1) is 6.61 Å². The summed E-state index contributed by atoms with van der Waals surface area (Å²) in [6.45, 7) is 2.14. The normalized spacial score (nSPS) is 11.7. The van der Waals surface area contributed by atoms with Gasteiger partial charge >= 0.3 is 5.97 Å². The van der Waals surface area contributed by atoms with E-state index in [-0.39, 0.29) is 11.7 Å². The van der Waals surface area contributed by atoms with Crippen molar-refractivity contribution in [2.45, 2.75) is 19.4 Å². The third-order valence-electron chi connectivity index (χ3n) is 3.06. The van der Waals surface area contributed by atoms with Gasteiger partial charge in [-0.05, 0) is 36.8 Å². The molecule has 0 spiro atoms. The minimum Gasteiger partial charge on any atom is -0.508 e. The number of hydrogen-bond acceptors (Lipinski definition) is 4. The molecule has 2 rings (SSSR count). The highest BCUT2D eigenvalue weighted by atomic mass is 16.5. The van der Waals surface area contributed by atoms with Gasteiger partial charge in [0.1, 0.15) is 11.8 Å². The van der Waals surface area contributed by atoms with Crippen LogP contribution in [0.5, 0.6) is 5.75 Å². The van der Waals surface area contributed by atoms with Crippen LogP contribution in [-0.2, 0) is 16.0 Å². The standard InChI is InChI=1S/C17H19NO3/c1-2-21-17(20)16(18-14-6-4-3-5-7-14)12-13-8-10-15(19)11-9-13/h3-11,16,18-19H,2,12H2,1H3/t16-/m0/s1. The zero-order valence-electron chi connectivity index (χ0n) is 12.0. The highest BCUT2D eigenvalue weighted by Gasteiger charge is 2.20. The molecule has 2 N–H and O–H groups in total. The molecule has 0 heterocycles. The van der Waals surface area contributed by atoms with E-state index in [2.05, 4.69) is 5.32 Å². The number of hydrogen-bond donors (Lipinski definition) is 2. The Bertz CT molecular complexity index is 566. The summed E-state index contributed by atoms with van der Waals surface area (Å²) in [5, 5.41) is 12.5. The number of carbonyl (C=O) groups excluding carboxylic acids is 1. The zero-order chi connectivity index (χ0) is 15.1. The number of benzene rings is 2. The summed E-state index contributed by atoms with van der Waals surface area (Å²) in [6.07, 6.45) is 0.494. The van der Waals surface area contributed by atoms with Crippen LogP contribution in [0.15, 0.2) is 54.6 Å². The van der Waals surface area contributed by atoms with Crippen molar-refractivity contribution >= 4 is 11.7 Å². The first kappa shape index (κ1) is 14.9. The number of carbonyl (C=O) groups is 1. The summed E-state index contributed by atoms with van der Waals surface area (Å²) in [7, 11) is 0. The first-order chi connectivity index (χ1) is 10.2. The van der Waals surface area contributed by atoms with Crippen molar-refractivity contribution in [3.8, 4) is 5.75 Å². The van der Waals surface area contributed by atoms with Crippen LogP contribution >= 0.6 is 0 Å². The lowest BCUT2D eigenvalue weighted by Crippen LogP contribution is -2.33. The Hall–Kier alpha value is -2.49. The molecular formula is C17H19NO3. The minimum atomic E-state index is -0.461. The lowest BCUT2D eigenvalue weighted by Gasteiger charge is -2.18. The molecule has 0 aliphatic carbocycles.